The first kappa shape index (κ1) is 9.50. The SMILES string of the molecule is O=Cc1cscc1C#CCCBr. The molecule has 0 saturated carbocycles. The van der Waals surface area contributed by atoms with Gasteiger partial charge in [-0.25, -0.2) is 0 Å². The van der Waals surface area contributed by atoms with Crippen LogP contribution in [0.2, 0.25) is 0 Å². The number of hydrogen-bond donors (Lipinski definition) is 0. The van der Waals surface area contributed by atoms with Gasteiger partial charge in [-0.15, -0.1) is 0 Å². The Bertz CT molecular complexity index is 319. The van der Waals surface area contributed by atoms with Crippen molar-refractivity contribution in [2.75, 3.05) is 5.33 Å². The molecule has 1 nitrogen and oxygen atoms in total. The molecule has 0 unspecified atom stereocenters. The number of alkyl halides is 1. The zero-order chi connectivity index (χ0) is 8.81. The van der Waals surface area contributed by atoms with Crippen LogP contribution in [0, 0.1) is 11.8 Å². The first-order valence-corrected chi connectivity index (χ1v) is 5.51. The quantitative estimate of drug-likeness (QED) is 0.443. The third-order valence-corrected chi connectivity index (χ3v) is 2.42. The van der Waals surface area contributed by atoms with E-state index in [1.165, 1.54) is 11.3 Å². The summed E-state index contributed by atoms with van der Waals surface area (Å²) in [5.41, 5.74) is 1.54. The van der Waals surface area contributed by atoms with E-state index < -0.39 is 0 Å². The molecule has 1 aromatic heterocycles. The predicted molar refractivity (Wildman–Crippen MR) is 55.0 cm³/mol. The van der Waals surface area contributed by atoms with E-state index in [2.05, 4.69) is 27.8 Å². The molecule has 0 aromatic carbocycles. The van der Waals surface area contributed by atoms with Gasteiger partial charge < -0.3 is 0 Å². The lowest BCUT2D eigenvalue weighted by Gasteiger charge is -1.82. The van der Waals surface area contributed by atoms with Crippen LogP contribution >= 0.6 is 27.3 Å². The molecule has 0 amide bonds. The Morgan fingerprint density at radius 3 is 3.08 bits per heavy atom. The Balaban J connectivity index is 2.76. The third kappa shape index (κ3) is 2.47. The van der Waals surface area contributed by atoms with Crippen LogP contribution < -0.4 is 0 Å². The molecule has 0 aliphatic rings. The number of rotatable bonds is 2. The van der Waals surface area contributed by atoms with E-state index in [4.69, 9.17) is 0 Å². The van der Waals surface area contributed by atoms with Gasteiger partial charge in [0.2, 0.25) is 0 Å². The molecule has 0 saturated heterocycles. The predicted octanol–water partition coefficient (Wildman–Crippen LogP) is 2.70. The molecule has 12 heavy (non-hydrogen) atoms. The number of hydrogen-bond acceptors (Lipinski definition) is 2. The molecular formula is C9H7BrOS. The van der Waals surface area contributed by atoms with Gasteiger partial charge in [0.05, 0.1) is 0 Å². The van der Waals surface area contributed by atoms with E-state index in [9.17, 15) is 4.79 Å². The van der Waals surface area contributed by atoms with Crippen LogP contribution in [0.15, 0.2) is 10.8 Å². The lowest BCUT2D eigenvalue weighted by Crippen LogP contribution is -1.78. The number of aldehydes is 1. The van der Waals surface area contributed by atoms with Gasteiger partial charge in [0.15, 0.2) is 6.29 Å². The van der Waals surface area contributed by atoms with Gasteiger partial charge in [-0.3, -0.25) is 4.79 Å². The summed E-state index contributed by atoms with van der Waals surface area (Å²) in [6.45, 7) is 0. The summed E-state index contributed by atoms with van der Waals surface area (Å²) in [5, 5.41) is 4.58. The van der Waals surface area contributed by atoms with Crippen LogP contribution in [0.4, 0.5) is 0 Å². The average Bonchev–Trinajstić information content (AvgIpc) is 2.52. The highest BCUT2D eigenvalue weighted by molar-refractivity contribution is 9.09. The van der Waals surface area contributed by atoms with E-state index in [0.29, 0.717) is 5.56 Å². The molecule has 0 aliphatic carbocycles. The fourth-order valence-electron chi connectivity index (χ4n) is 0.705. The standard InChI is InChI=1S/C9H7BrOS/c10-4-2-1-3-8-6-12-7-9(8)5-11/h5-7H,2,4H2. The second-order valence-electron chi connectivity index (χ2n) is 2.10. The minimum atomic E-state index is 0.696. The maximum Gasteiger partial charge on any atom is 0.152 e. The van der Waals surface area contributed by atoms with Gasteiger partial charge in [0.25, 0.3) is 0 Å². The summed E-state index contributed by atoms with van der Waals surface area (Å²) in [4.78, 5) is 10.5. The Labute approximate surface area is 83.9 Å². The van der Waals surface area contributed by atoms with E-state index >= 15 is 0 Å². The van der Waals surface area contributed by atoms with Crippen molar-refractivity contribution in [3.8, 4) is 11.8 Å². The van der Waals surface area contributed by atoms with E-state index in [1.807, 2.05) is 10.8 Å². The molecule has 0 N–H and O–H groups in total. The Hall–Kier alpha value is -0.590. The van der Waals surface area contributed by atoms with Crippen LogP contribution in [0.1, 0.15) is 22.3 Å². The molecule has 0 bridgehead atoms. The Kier molecular flexibility index (Phi) is 4.06. The smallest absolute Gasteiger partial charge is 0.152 e. The number of carbonyl (C=O) groups is 1. The van der Waals surface area contributed by atoms with Gasteiger partial charge >= 0.3 is 0 Å². The average molecular weight is 243 g/mol. The maximum atomic E-state index is 10.5. The van der Waals surface area contributed by atoms with Gasteiger partial charge in [-0.05, 0) is 0 Å². The summed E-state index contributed by atoms with van der Waals surface area (Å²) < 4.78 is 0. The third-order valence-electron chi connectivity index (χ3n) is 1.26. The molecule has 3 heteroatoms. The first-order valence-electron chi connectivity index (χ1n) is 3.44. The van der Waals surface area contributed by atoms with Gasteiger partial charge in [-0.1, -0.05) is 27.8 Å². The summed E-state index contributed by atoms with van der Waals surface area (Å²) in [6.07, 6.45) is 1.66. The minimum absolute atomic E-state index is 0.696. The van der Waals surface area contributed by atoms with Crippen LogP contribution in [-0.2, 0) is 0 Å². The molecule has 1 aromatic rings. The van der Waals surface area contributed by atoms with Crippen molar-refractivity contribution in [1.29, 1.82) is 0 Å². The molecule has 1 heterocycles. The molecule has 0 atom stereocenters. The topological polar surface area (TPSA) is 17.1 Å². The second-order valence-corrected chi connectivity index (χ2v) is 3.64. The second kappa shape index (κ2) is 5.13. The number of thiophene rings is 1. The van der Waals surface area contributed by atoms with Crippen LogP contribution in [-0.4, -0.2) is 11.6 Å². The molecule has 0 radical (unpaired) electrons. The monoisotopic (exact) mass is 242 g/mol. The Morgan fingerprint density at radius 2 is 2.42 bits per heavy atom. The van der Waals surface area contributed by atoms with Crippen LogP contribution in [0.25, 0.3) is 0 Å². The summed E-state index contributed by atoms with van der Waals surface area (Å²) in [5.74, 6) is 5.91. The summed E-state index contributed by atoms with van der Waals surface area (Å²) >= 11 is 4.78. The molecule has 0 fully saturated rings. The van der Waals surface area contributed by atoms with Crippen molar-refractivity contribution in [1.82, 2.24) is 0 Å². The highest BCUT2D eigenvalue weighted by atomic mass is 79.9. The molecule has 1 rings (SSSR count). The van der Waals surface area contributed by atoms with Gasteiger partial charge in [-0.2, -0.15) is 11.3 Å². The first-order chi connectivity index (χ1) is 5.88. The normalized spacial score (nSPS) is 8.75. The largest absolute Gasteiger partial charge is 0.298 e. The lowest BCUT2D eigenvalue weighted by atomic mass is 10.2. The van der Waals surface area contributed by atoms with Crippen molar-refractivity contribution in [2.45, 2.75) is 6.42 Å². The highest BCUT2D eigenvalue weighted by Crippen LogP contribution is 2.11. The molecule has 0 aliphatic heterocycles. The van der Waals surface area contributed by atoms with E-state index in [1.54, 1.807) is 0 Å². The number of carbonyl (C=O) groups excluding carboxylic acids is 1. The van der Waals surface area contributed by atoms with Crippen molar-refractivity contribution >= 4 is 33.6 Å². The Morgan fingerprint density at radius 1 is 1.58 bits per heavy atom. The van der Waals surface area contributed by atoms with Gasteiger partial charge in [0.1, 0.15) is 0 Å². The maximum absolute atomic E-state index is 10.5. The number of halogens is 1. The summed E-state index contributed by atoms with van der Waals surface area (Å²) in [7, 11) is 0. The van der Waals surface area contributed by atoms with Crippen molar-refractivity contribution in [2.24, 2.45) is 0 Å². The molecule has 62 valence electrons. The van der Waals surface area contributed by atoms with Crippen molar-refractivity contribution < 1.29 is 4.79 Å². The summed E-state index contributed by atoms with van der Waals surface area (Å²) in [6, 6.07) is 0. The zero-order valence-corrected chi connectivity index (χ0v) is 8.74. The minimum Gasteiger partial charge on any atom is -0.298 e. The van der Waals surface area contributed by atoms with Crippen molar-refractivity contribution in [3.05, 3.63) is 21.9 Å². The van der Waals surface area contributed by atoms with E-state index in [-0.39, 0.29) is 0 Å². The lowest BCUT2D eigenvalue weighted by molar-refractivity contribution is 0.112. The fraction of sp³-hybridized carbons (Fsp3) is 0.222. The van der Waals surface area contributed by atoms with Crippen LogP contribution in [0.5, 0.6) is 0 Å². The van der Waals surface area contributed by atoms with E-state index in [0.717, 1.165) is 23.6 Å². The van der Waals surface area contributed by atoms with Crippen molar-refractivity contribution in [3.63, 3.8) is 0 Å². The van der Waals surface area contributed by atoms with Crippen LogP contribution in [0.3, 0.4) is 0 Å². The highest BCUT2D eigenvalue weighted by Gasteiger charge is 1.97. The molecular weight excluding hydrogens is 236 g/mol. The van der Waals surface area contributed by atoms with Gasteiger partial charge in [0, 0.05) is 33.6 Å². The molecule has 0 spiro atoms. The zero-order valence-electron chi connectivity index (χ0n) is 6.34. The fourth-order valence-corrected chi connectivity index (χ4v) is 1.63.